The predicted molar refractivity (Wildman–Crippen MR) is 97.3 cm³/mol. The summed E-state index contributed by atoms with van der Waals surface area (Å²) >= 11 is 0. The summed E-state index contributed by atoms with van der Waals surface area (Å²) in [6.07, 6.45) is 0. The lowest BCUT2D eigenvalue weighted by Gasteiger charge is -2.17. The first-order valence-electron chi connectivity index (χ1n) is 4.27. The van der Waals surface area contributed by atoms with Gasteiger partial charge in [-0.2, -0.15) is 0 Å². The largest absolute Gasteiger partial charge is 0.398 e. The molecular weight excluding hydrogens is 264 g/mol. The molecule has 0 spiro atoms. The van der Waals surface area contributed by atoms with Crippen molar-refractivity contribution in [2.24, 2.45) is 10.3 Å². The Balaban J connectivity index is 0. The van der Waals surface area contributed by atoms with Crippen LogP contribution in [0.5, 0.6) is 0 Å². The Bertz CT molecular complexity index is 569. The lowest BCUT2D eigenvalue weighted by molar-refractivity contribution is 1.36. The van der Waals surface area contributed by atoms with Gasteiger partial charge < -0.3 is 11.5 Å². The molecule has 0 aliphatic rings. The topological polar surface area (TPSA) is 104 Å². The SMILES string of the molecule is C.C.C=S(=C)(N)c1cc(N)c(S(=C)(=C)N)cc1N. The summed E-state index contributed by atoms with van der Waals surface area (Å²) in [6.45, 7) is 0. The second kappa shape index (κ2) is 5.71. The van der Waals surface area contributed by atoms with Crippen molar-refractivity contribution in [1.82, 2.24) is 0 Å². The van der Waals surface area contributed by atoms with Crippen LogP contribution in [0.15, 0.2) is 21.9 Å². The van der Waals surface area contributed by atoms with E-state index in [-0.39, 0.29) is 14.9 Å². The minimum Gasteiger partial charge on any atom is -0.398 e. The summed E-state index contributed by atoms with van der Waals surface area (Å²) in [5.41, 5.74) is 12.7. The average Bonchev–Trinajstić information content (AvgIpc) is 2.04. The zero-order valence-corrected chi connectivity index (χ0v) is 10.7. The van der Waals surface area contributed by atoms with Gasteiger partial charge in [0.1, 0.15) is 0 Å². The molecule has 106 valence electrons. The maximum absolute atomic E-state index is 5.88. The fourth-order valence-electron chi connectivity index (χ4n) is 1.30. The van der Waals surface area contributed by atoms with E-state index in [0.29, 0.717) is 21.2 Å². The van der Waals surface area contributed by atoms with E-state index in [2.05, 4.69) is 23.5 Å². The van der Waals surface area contributed by atoms with Gasteiger partial charge in [0.15, 0.2) is 0 Å². The van der Waals surface area contributed by atoms with Gasteiger partial charge in [0.05, 0.1) is 0 Å². The van der Waals surface area contributed by atoms with E-state index in [1.165, 1.54) is 0 Å². The van der Waals surface area contributed by atoms with Crippen molar-refractivity contribution in [3.63, 3.8) is 0 Å². The summed E-state index contributed by atoms with van der Waals surface area (Å²) in [7, 11) is -3.79. The second-order valence-electron chi connectivity index (χ2n) is 3.82. The molecule has 0 aliphatic heterocycles. The Labute approximate surface area is 112 Å². The third kappa shape index (κ3) is 3.99. The van der Waals surface area contributed by atoms with Gasteiger partial charge >= 0.3 is 0 Å². The monoisotopic (exact) mass is 290 g/mol. The highest BCUT2D eigenvalue weighted by atomic mass is 32.2. The standard InChI is InChI=1S/C10H18N4S2.2CH4/c1-15(2,13)9-5-8(12)10(6-7(9)11)16(3,4)14;;/h5-6H,1-4,11-14H2;2*1H4. The van der Waals surface area contributed by atoms with E-state index in [0.717, 1.165) is 0 Å². The summed E-state index contributed by atoms with van der Waals surface area (Å²) in [4.78, 5) is 1.33. The van der Waals surface area contributed by atoms with Gasteiger partial charge in [-0.3, -0.25) is 10.3 Å². The zero-order valence-electron chi connectivity index (χ0n) is 9.11. The van der Waals surface area contributed by atoms with Gasteiger partial charge in [-0.25, -0.2) is 0 Å². The van der Waals surface area contributed by atoms with Crippen LogP contribution in [0.3, 0.4) is 0 Å². The molecular formula is C12H26N4S2. The van der Waals surface area contributed by atoms with E-state index in [9.17, 15) is 0 Å². The number of benzene rings is 1. The molecule has 0 saturated carbocycles. The Morgan fingerprint density at radius 3 is 1.11 bits per heavy atom. The van der Waals surface area contributed by atoms with Crippen LogP contribution < -0.4 is 21.7 Å². The maximum atomic E-state index is 5.88. The van der Waals surface area contributed by atoms with Crippen molar-refractivity contribution in [3.8, 4) is 0 Å². The van der Waals surface area contributed by atoms with Crippen molar-refractivity contribution in [3.05, 3.63) is 12.1 Å². The fourth-order valence-corrected chi connectivity index (χ4v) is 3.08. The molecule has 1 rings (SSSR count). The molecule has 0 atom stereocenters. The van der Waals surface area contributed by atoms with Crippen molar-refractivity contribution in [2.75, 3.05) is 11.5 Å². The number of hydrogen-bond acceptors (Lipinski definition) is 4. The highest BCUT2D eigenvalue weighted by Gasteiger charge is 2.09. The molecule has 1 aromatic carbocycles. The Morgan fingerprint density at radius 1 is 0.722 bits per heavy atom. The molecule has 6 heteroatoms. The predicted octanol–water partition coefficient (Wildman–Crippen LogP) is 1.93. The molecule has 0 heterocycles. The number of anilines is 2. The van der Waals surface area contributed by atoms with E-state index < -0.39 is 18.8 Å². The number of nitrogen functional groups attached to an aromatic ring is 2. The molecule has 0 amide bonds. The van der Waals surface area contributed by atoms with Crippen LogP contribution in [0.25, 0.3) is 0 Å². The minimum absolute atomic E-state index is 0. The van der Waals surface area contributed by atoms with Crippen LogP contribution in [0.2, 0.25) is 0 Å². The highest BCUT2D eigenvalue weighted by Crippen LogP contribution is 2.39. The molecule has 0 aromatic heterocycles. The minimum atomic E-state index is -1.90. The third-order valence-corrected chi connectivity index (χ3v) is 4.48. The summed E-state index contributed by atoms with van der Waals surface area (Å²) in [5.74, 6) is 15.2. The van der Waals surface area contributed by atoms with Gasteiger partial charge in [-0.05, 0) is 12.1 Å². The molecule has 8 N–H and O–H groups in total. The van der Waals surface area contributed by atoms with Crippen LogP contribution in [-0.2, 0) is 0 Å². The molecule has 0 fully saturated rings. The van der Waals surface area contributed by atoms with Gasteiger partial charge in [0.2, 0.25) is 0 Å². The first kappa shape index (κ1) is 19.3. The average molecular weight is 291 g/mol. The van der Waals surface area contributed by atoms with Crippen molar-refractivity contribution >= 4 is 53.6 Å². The number of hydrogen-bond donors (Lipinski definition) is 4. The number of nitrogens with two attached hydrogens (primary N) is 4. The molecule has 18 heavy (non-hydrogen) atoms. The van der Waals surface area contributed by atoms with Gasteiger partial charge in [0.25, 0.3) is 0 Å². The summed E-state index contributed by atoms with van der Waals surface area (Å²) in [5, 5.41) is 11.7. The molecule has 0 bridgehead atoms. The van der Waals surface area contributed by atoms with Gasteiger partial charge in [0, 0.05) is 21.2 Å². The summed E-state index contributed by atoms with van der Waals surface area (Å²) in [6, 6.07) is 3.34. The molecule has 0 saturated heterocycles. The van der Waals surface area contributed by atoms with E-state index in [1.54, 1.807) is 12.1 Å². The molecule has 0 aliphatic carbocycles. The lowest BCUT2D eigenvalue weighted by atomic mass is 10.3. The summed E-state index contributed by atoms with van der Waals surface area (Å²) < 4.78 is 0. The van der Waals surface area contributed by atoms with E-state index in [4.69, 9.17) is 21.7 Å². The molecule has 0 radical (unpaired) electrons. The van der Waals surface area contributed by atoms with Gasteiger partial charge in [-0.15, -0.1) is 18.8 Å². The Kier molecular flexibility index (Phi) is 6.11. The molecule has 1 aromatic rings. The third-order valence-electron chi connectivity index (χ3n) is 2.02. The van der Waals surface area contributed by atoms with Crippen molar-refractivity contribution < 1.29 is 0 Å². The zero-order chi connectivity index (χ0) is 12.7. The first-order valence-corrected chi connectivity index (χ1v) is 8.34. The smallest absolute Gasteiger partial charge is 0.0467 e. The van der Waals surface area contributed by atoms with Crippen LogP contribution in [0.1, 0.15) is 14.9 Å². The lowest BCUT2D eigenvalue weighted by Crippen LogP contribution is -2.04. The van der Waals surface area contributed by atoms with Crippen LogP contribution >= 0.6 is 18.8 Å². The van der Waals surface area contributed by atoms with Crippen LogP contribution in [0, 0.1) is 0 Å². The van der Waals surface area contributed by atoms with Crippen LogP contribution in [0.4, 0.5) is 11.4 Å². The van der Waals surface area contributed by atoms with Crippen molar-refractivity contribution in [1.29, 1.82) is 0 Å². The molecule has 4 nitrogen and oxygen atoms in total. The number of rotatable bonds is 2. The first-order chi connectivity index (χ1) is 7.03. The second-order valence-corrected chi connectivity index (χ2v) is 8.47. The van der Waals surface area contributed by atoms with Crippen LogP contribution in [-0.4, -0.2) is 23.5 Å². The fraction of sp³-hybridized carbons (Fsp3) is 0.167. The van der Waals surface area contributed by atoms with Crippen molar-refractivity contribution in [2.45, 2.75) is 24.6 Å². The Morgan fingerprint density at radius 2 is 0.944 bits per heavy atom. The van der Waals surface area contributed by atoms with E-state index >= 15 is 0 Å². The quantitative estimate of drug-likeness (QED) is 0.493. The highest BCUT2D eigenvalue weighted by molar-refractivity contribution is 8.26. The van der Waals surface area contributed by atoms with Gasteiger partial charge in [-0.1, -0.05) is 38.3 Å². The normalized spacial score (nSPS) is 11.2. The van der Waals surface area contributed by atoms with E-state index in [1.807, 2.05) is 0 Å². The maximum Gasteiger partial charge on any atom is 0.0467 e. The molecule has 0 unspecified atom stereocenters. The Hall–Kier alpha value is -1.08.